The molecule has 0 aromatic heterocycles. The van der Waals surface area contributed by atoms with Gasteiger partial charge in [0, 0.05) is 26.2 Å². The molecule has 0 spiro atoms. The van der Waals surface area contributed by atoms with E-state index < -0.39 is 0 Å². The minimum absolute atomic E-state index is 0.0616. The first-order valence-corrected chi connectivity index (χ1v) is 7.03. The summed E-state index contributed by atoms with van der Waals surface area (Å²) in [6.45, 7) is 6.30. The van der Waals surface area contributed by atoms with Crippen LogP contribution < -0.4 is 10.6 Å². The minimum Gasteiger partial charge on any atom is -0.376 e. The van der Waals surface area contributed by atoms with Gasteiger partial charge in [0.1, 0.15) is 6.04 Å². The van der Waals surface area contributed by atoms with Gasteiger partial charge in [-0.1, -0.05) is 13.8 Å². The SMILES string of the molecule is CC(C)[C@@H]1C(=O)NCCN1C(=O)NC[C@H]1CCCO1. The van der Waals surface area contributed by atoms with Gasteiger partial charge in [-0.25, -0.2) is 4.79 Å². The molecule has 2 rings (SSSR count). The van der Waals surface area contributed by atoms with E-state index in [9.17, 15) is 9.59 Å². The monoisotopic (exact) mass is 269 g/mol. The van der Waals surface area contributed by atoms with Crippen molar-refractivity contribution >= 4 is 11.9 Å². The Bertz CT molecular complexity index is 340. The van der Waals surface area contributed by atoms with Crippen LogP contribution in [0.4, 0.5) is 4.79 Å². The second-order valence-corrected chi connectivity index (χ2v) is 5.49. The maximum atomic E-state index is 12.2. The van der Waals surface area contributed by atoms with Crippen molar-refractivity contribution in [2.75, 3.05) is 26.2 Å². The van der Waals surface area contributed by atoms with Crippen LogP contribution in [-0.2, 0) is 9.53 Å². The third-order valence-electron chi connectivity index (χ3n) is 3.65. The average molecular weight is 269 g/mol. The molecule has 0 aromatic rings. The molecule has 6 heteroatoms. The number of urea groups is 1. The summed E-state index contributed by atoms with van der Waals surface area (Å²) in [5, 5.41) is 5.69. The summed E-state index contributed by atoms with van der Waals surface area (Å²) in [4.78, 5) is 25.7. The van der Waals surface area contributed by atoms with Crippen LogP contribution in [-0.4, -0.2) is 55.2 Å². The molecule has 2 N–H and O–H groups in total. The van der Waals surface area contributed by atoms with Crippen LogP contribution in [0.15, 0.2) is 0 Å². The summed E-state index contributed by atoms with van der Waals surface area (Å²) in [5.74, 6) is 0.0438. The Balaban J connectivity index is 1.89. The quantitative estimate of drug-likeness (QED) is 0.776. The molecule has 6 nitrogen and oxygen atoms in total. The van der Waals surface area contributed by atoms with Crippen molar-refractivity contribution in [3.8, 4) is 0 Å². The van der Waals surface area contributed by atoms with Crippen LogP contribution in [0.5, 0.6) is 0 Å². The van der Waals surface area contributed by atoms with Gasteiger partial charge in [0.25, 0.3) is 0 Å². The van der Waals surface area contributed by atoms with E-state index in [1.807, 2.05) is 13.8 Å². The topological polar surface area (TPSA) is 70.7 Å². The molecule has 0 bridgehead atoms. The van der Waals surface area contributed by atoms with Crippen LogP contribution in [0, 0.1) is 5.92 Å². The Morgan fingerprint density at radius 3 is 3.00 bits per heavy atom. The Labute approximate surface area is 113 Å². The first-order chi connectivity index (χ1) is 9.09. The molecular formula is C13H23N3O3. The van der Waals surface area contributed by atoms with E-state index in [0.29, 0.717) is 19.6 Å². The fourth-order valence-electron chi connectivity index (χ4n) is 2.68. The summed E-state index contributed by atoms with van der Waals surface area (Å²) in [6.07, 6.45) is 2.18. The maximum Gasteiger partial charge on any atom is 0.318 e. The molecule has 0 saturated carbocycles. The number of hydrogen-bond donors (Lipinski definition) is 2. The van der Waals surface area contributed by atoms with Crippen molar-refractivity contribution in [1.82, 2.24) is 15.5 Å². The minimum atomic E-state index is -0.377. The molecule has 2 aliphatic rings. The molecule has 108 valence electrons. The van der Waals surface area contributed by atoms with Crippen LogP contribution in [0.2, 0.25) is 0 Å². The number of hydrogen-bond acceptors (Lipinski definition) is 3. The molecule has 2 aliphatic heterocycles. The Morgan fingerprint density at radius 2 is 2.37 bits per heavy atom. The molecule has 2 atom stereocenters. The molecular weight excluding hydrogens is 246 g/mol. The Morgan fingerprint density at radius 1 is 1.58 bits per heavy atom. The molecule has 2 heterocycles. The van der Waals surface area contributed by atoms with Crippen molar-refractivity contribution < 1.29 is 14.3 Å². The lowest BCUT2D eigenvalue weighted by Gasteiger charge is -2.37. The van der Waals surface area contributed by atoms with E-state index in [1.54, 1.807) is 4.90 Å². The number of rotatable bonds is 3. The molecule has 2 saturated heterocycles. The highest BCUT2D eigenvalue weighted by Gasteiger charge is 2.35. The number of carbonyl (C=O) groups excluding carboxylic acids is 2. The highest BCUT2D eigenvalue weighted by atomic mass is 16.5. The molecule has 0 aliphatic carbocycles. The smallest absolute Gasteiger partial charge is 0.318 e. The summed E-state index contributed by atoms with van der Waals surface area (Å²) < 4.78 is 5.47. The van der Waals surface area contributed by atoms with E-state index in [2.05, 4.69) is 10.6 Å². The highest BCUT2D eigenvalue weighted by molar-refractivity contribution is 5.88. The molecule has 0 radical (unpaired) electrons. The highest BCUT2D eigenvalue weighted by Crippen LogP contribution is 2.15. The predicted octanol–water partition coefficient (Wildman–Crippen LogP) is 0.331. The maximum absolute atomic E-state index is 12.2. The van der Waals surface area contributed by atoms with E-state index >= 15 is 0 Å². The van der Waals surface area contributed by atoms with Crippen LogP contribution >= 0.6 is 0 Å². The zero-order valence-electron chi connectivity index (χ0n) is 11.6. The largest absolute Gasteiger partial charge is 0.376 e. The first-order valence-electron chi connectivity index (χ1n) is 7.03. The second kappa shape index (κ2) is 6.23. The van der Waals surface area contributed by atoms with Crippen LogP contribution in [0.3, 0.4) is 0 Å². The third kappa shape index (κ3) is 3.37. The van der Waals surface area contributed by atoms with Crippen molar-refractivity contribution in [3.63, 3.8) is 0 Å². The fourth-order valence-corrected chi connectivity index (χ4v) is 2.68. The second-order valence-electron chi connectivity index (χ2n) is 5.49. The summed E-state index contributed by atoms with van der Waals surface area (Å²) in [6, 6.07) is -0.540. The summed E-state index contributed by atoms with van der Waals surface area (Å²) in [7, 11) is 0. The summed E-state index contributed by atoms with van der Waals surface area (Å²) >= 11 is 0. The standard InChI is InChI=1S/C13H23N3O3/c1-9(2)11-12(17)14-5-6-16(11)13(18)15-8-10-4-3-7-19-10/h9-11H,3-8H2,1-2H3,(H,14,17)(H,15,18)/t10-,11-/m1/s1. The van der Waals surface area contributed by atoms with Gasteiger partial charge in [-0.2, -0.15) is 0 Å². The first kappa shape index (κ1) is 14.1. The van der Waals surface area contributed by atoms with Gasteiger partial charge in [-0.05, 0) is 18.8 Å². The van der Waals surface area contributed by atoms with E-state index in [1.165, 1.54) is 0 Å². The Hall–Kier alpha value is -1.30. The van der Waals surface area contributed by atoms with Gasteiger partial charge in [0.15, 0.2) is 0 Å². The van der Waals surface area contributed by atoms with Gasteiger partial charge in [0.2, 0.25) is 5.91 Å². The van der Waals surface area contributed by atoms with Crippen molar-refractivity contribution in [2.24, 2.45) is 5.92 Å². The van der Waals surface area contributed by atoms with E-state index in [-0.39, 0.29) is 30.0 Å². The molecule has 0 unspecified atom stereocenters. The average Bonchev–Trinajstić information content (AvgIpc) is 2.88. The van der Waals surface area contributed by atoms with E-state index in [4.69, 9.17) is 4.74 Å². The third-order valence-corrected chi connectivity index (χ3v) is 3.65. The van der Waals surface area contributed by atoms with Gasteiger partial charge >= 0.3 is 6.03 Å². The predicted molar refractivity (Wildman–Crippen MR) is 70.7 cm³/mol. The van der Waals surface area contributed by atoms with Crippen LogP contribution in [0.25, 0.3) is 0 Å². The fraction of sp³-hybridized carbons (Fsp3) is 0.846. The normalized spacial score (nSPS) is 27.5. The lowest BCUT2D eigenvalue weighted by atomic mass is 10.00. The van der Waals surface area contributed by atoms with Gasteiger partial charge in [0.05, 0.1) is 6.10 Å². The van der Waals surface area contributed by atoms with E-state index in [0.717, 1.165) is 19.4 Å². The zero-order valence-corrected chi connectivity index (χ0v) is 11.6. The van der Waals surface area contributed by atoms with Crippen LogP contribution in [0.1, 0.15) is 26.7 Å². The van der Waals surface area contributed by atoms with Gasteiger partial charge in [-0.3, -0.25) is 4.79 Å². The molecule has 19 heavy (non-hydrogen) atoms. The summed E-state index contributed by atoms with van der Waals surface area (Å²) in [5.41, 5.74) is 0. The number of nitrogens with zero attached hydrogens (tertiary/aromatic N) is 1. The van der Waals surface area contributed by atoms with Gasteiger partial charge in [-0.15, -0.1) is 0 Å². The number of ether oxygens (including phenoxy) is 1. The van der Waals surface area contributed by atoms with Crippen molar-refractivity contribution in [3.05, 3.63) is 0 Å². The Kier molecular flexibility index (Phi) is 4.63. The van der Waals surface area contributed by atoms with Crippen molar-refractivity contribution in [2.45, 2.75) is 38.8 Å². The van der Waals surface area contributed by atoms with Crippen molar-refractivity contribution in [1.29, 1.82) is 0 Å². The number of nitrogens with one attached hydrogen (secondary N) is 2. The molecule has 0 aromatic carbocycles. The lowest BCUT2D eigenvalue weighted by molar-refractivity contribution is -0.129. The number of carbonyl (C=O) groups is 2. The van der Waals surface area contributed by atoms with Gasteiger partial charge < -0.3 is 20.3 Å². The zero-order chi connectivity index (χ0) is 13.8. The number of piperazine rings is 1. The number of amides is 3. The molecule has 3 amide bonds. The lowest BCUT2D eigenvalue weighted by Crippen LogP contribution is -2.61. The molecule has 2 fully saturated rings.